The molecule has 2 fully saturated rings. The number of hydrogen-bond acceptors (Lipinski definition) is 7. The summed E-state index contributed by atoms with van der Waals surface area (Å²) < 4.78 is 34.9. The number of nitrogens with two attached hydrogens (primary N) is 1. The van der Waals surface area contributed by atoms with Gasteiger partial charge in [-0.25, -0.2) is 9.52 Å². The summed E-state index contributed by atoms with van der Waals surface area (Å²) in [6.45, 7) is 0.376. The lowest BCUT2D eigenvalue weighted by atomic mass is 10.1. The highest BCUT2D eigenvalue weighted by Gasteiger charge is 2.61. The van der Waals surface area contributed by atoms with Gasteiger partial charge in [0, 0.05) is 19.0 Å². The van der Waals surface area contributed by atoms with Crippen molar-refractivity contribution in [3.8, 4) is 0 Å². The van der Waals surface area contributed by atoms with E-state index in [1.54, 1.807) is 0 Å². The molecule has 4 amide bonds. The first-order valence-electron chi connectivity index (χ1n) is 13.7. The van der Waals surface area contributed by atoms with Gasteiger partial charge in [-0.05, 0) is 56.9 Å². The molecular weight excluding hydrogens is 538 g/mol. The van der Waals surface area contributed by atoms with Crippen LogP contribution in [-0.4, -0.2) is 67.9 Å². The number of rotatable bonds is 7. The van der Waals surface area contributed by atoms with E-state index >= 15 is 0 Å². The quantitative estimate of drug-likeness (QED) is 0.351. The Morgan fingerprint density at radius 1 is 1.10 bits per heavy atom. The van der Waals surface area contributed by atoms with Crippen LogP contribution in [0.1, 0.15) is 56.9 Å². The Bertz CT molecular complexity index is 1240. The summed E-state index contributed by atoms with van der Waals surface area (Å²) >= 11 is 0. The maximum atomic E-state index is 13.4. The molecule has 5 N–H and O–H groups in total. The Morgan fingerprint density at radius 3 is 2.62 bits per heavy atom. The smallest absolute Gasteiger partial charge is 0.405 e. The van der Waals surface area contributed by atoms with Gasteiger partial charge in [0.05, 0.1) is 0 Å². The lowest BCUT2D eigenvalue weighted by Gasteiger charge is -2.29. The van der Waals surface area contributed by atoms with Gasteiger partial charge in [-0.3, -0.25) is 14.4 Å². The minimum absolute atomic E-state index is 0.0863. The first kappa shape index (κ1) is 29.5. The van der Waals surface area contributed by atoms with Crippen molar-refractivity contribution in [2.45, 2.75) is 75.5 Å². The predicted octanol–water partition coefficient (Wildman–Crippen LogP) is 1.03. The van der Waals surface area contributed by atoms with Crippen LogP contribution in [0.4, 0.5) is 4.79 Å². The summed E-state index contributed by atoms with van der Waals surface area (Å²) in [5, 5.41) is 2.77. The largest absolute Gasteiger partial charge is 0.436 e. The number of hydrogen-bond donors (Lipinski definition) is 4. The highest BCUT2D eigenvalue weighted by molar-refractivity contribution is 7.88. The molecule has 1 saturated carbocycles. The molecule has 4 unspecified atom stereocenters. The van der Waals surface area contributed by atoms with E-state index in [1.165, 1.54) is 4.90 Å². The maximum absolute atomic E-state index is 13.4. The molecule has 1 aromatic carbocycles. The van der Waals surface area contributed by atoms with Gasteiger partial charge in [0.15, 0.2) is 6.10 Å². The third kappa shape index (κ3) is 7.39. The highest BCUT2D eigenvalue weighted by atomic mass is 32.2. The monoisotopic (exact) mass is 575 g/mol. The molecule has 0 bridgehead atoms. The Kier molecular flexibility index (Phi) is 9.46. The number of fused-ring (bicyclic) bond motifs is 2. The normalized spacial score (nSPS) is 28.2. The van der Waals surface area contributed by atoms with Gasteiger partial charge in [-0.2, -0.15) is 13.1 Å². The number of ether oxygens (including phenoxy) is 1. The van der Waals surface area contributed by atoms with Gasteiger partial charge in [0.25, 0.3) is 11.8 Å². The fraction of sp³-hybridized carbons (Fsp3) is 0.556. The van der Waals surface area contributed by atoms with Crippen molar-refractivity contribution in [1.29, 1.82) is 0 Å². The Hall–Kier alpha value is -3.45. The average molecular weight is 576 g/mol. The molecule has 4 rings (SSSR count). The maximum Gasteiger partial charge on any atom is 0.405 e. The second kappa shape index (κ2) is 12.8. The van der Waals surface area contributed by atoms with E-state index in [4.69, 9.17) is 10.5 Å². The molecule has 1 aromatic rings. The summed E-state index contributed by atoms with van der Waals surface area (Å²) in [6.07, 6.45) is 6.39. The lowest BCUT2D eigenvalue weighted by Crippen LogP contribution is -2.58. The zero-order chi connectivity index (χ0) is 28.8. The molecule has 0 spiro atoms. The summed E-state index contributed by atoms with van der Waals surface area (Å²) in [5.74, 6) is -2.28. The van der Waals surface area contributed by atoms with Crippen molar-refractivity contribution in [3.63, 3.8) is 0 Å². The van der Waals surface area contributed by atoms with E-state index < -0.39 is 57.6 Å². The molecule has 0 aromatic heterocycles. The van der Waals surface area contributed by atoms with Crippen LogP contribution in [0.2, 0.25) is 0 Å². The van der Waals surface area contributed by atoms with Crippen LogP contribution < -0.4 is 20.5 Å². The Morgan fingerprint density at radius 2 is 1.88 bits per heavy atom. The minimum atomic E-state index is -4.19. The molecule has 2 heterocycles. The van der Waals surface area contributed by atoms with Crippen molar-refractivity contribution in [3.05, 3.63) is 48.0 Å². The van der Waals surface area contributed by atoms with Gasteiger partial charge >= 0.3 is 16.3 Å². The summed E-state index contributed by atoms with van der Waals surface area (Å²) in [7, 11) is -4.19. The van der Waals surface area contributed by atoms with Gasteiger partial charge in [-0.1, -0.05) is 48.9 Å². The van der Waals surface area contributed by atoms with E-state index in [-0.39, 0.29) is 19.5 Å². The van der Waals surface area contributed by atoms with Gasteiger partial charge in [-0.15, -0.1) is 0 Å². The highest BCUT2D eigenvalue weighted by Crippen LogP contribution is 2.45. The Balaban J connectivity index is 1.48. The third-order valence-electron chi connectivity index (χ3n) is 7.62. The molecule has 13 heteroatoms. The van der Waals surface area contributed by atoms with Crippen molar-refractivity contribution in [1.82, 2.24) is 19.7 Å². The van der Waals surface area contributed by atoms with E-state index in [0.717, 1.165) is 18.4 Å². The summed E-state index contributed by atoms with van der Waals surface area (Å²) in [5.41, 5.74) is 4.68. The van der Waals surface area contributed by atoms with E-state index in [9.17, 15) is 27.6 Å². The zero-order valence-corrected chi connectivity index (χ0v) is 23.2. The molecule has 1 aliphatic carbocycles. The number of amides is 4. The molecule has 218 valence electrons. The molecule has 4 atom stereocenters. The van der Waals surface area contributed by atoms with E-state index in [2.05, 4.69) is 14.8 Å². The topological polar surface area (TPSA) is 177 Å². The molecule has 0 radical (unpaired) electrons. The van der Waals surface area contributed by atoms with Crippen LogP contribution in [0.25, 0.3) is 0 Å². The number of carbonyl (C=O) groups is 4. The molecule has 2 aliphatic heterocycles. The van der Waals surface area contributed by atoms with Crippen LogP contribution in [0.5, 0.6) is 0 Å². The van der Waals surface area contributed by atoms with Crippen LogP contribution in [0.3, 0.4) is 0 Å². The fourth-order valence-electron chi connectivity index (χ4n) is 5.40. The van der Waals surface area contributed by atoms with Crippen LogP contribution >= 0.6 is 0 Å². The number of primary amides is 1. The zero-order valence-electron chi connectivity index (χ0n) is 22.3. The van der Waals surface area contributed by atoms with Crippen molar-refractivity contribution < 1.29 is 32.3 Å². The van der Waals surface area contributed by atoms with Crippen LogP contribution in [-0.2, 0) is 35.8 Å². The molecule has 40 heavy (non-hydrogen) atoms. The number of benzene rings is 1. The summed E-state index contributed by atoms with van der Waals surface area (Å²) in [4.78, 5) is 52.9. The van der Waals surface area contributed by atoms with E-state index in [1.807, 2.05) is 42.5 Å². The second-order valence-corrected chi connectivity index (χ2v) is 12.0. The Labute approximate surface area is 234 Å². The van der Waals surface area contributed by atoms with Gasteiger partial charge in [0.1, 0.15) is 11.6 Å². The predicted molar refractivity (Wildman–Crippen MR) is 146 cm³/mol. The standard InChI is InChI=1S/C27H37N5O7S/c28-26(36)39-22-14-8-3-1-2-7-12-20-18-27(20,30-23(33)21-13-9-17-32(21)24(22)34)25(35)31-40(37,38)29-16-15-19-10-5-4-6-11-19/h4-7,10-12,20-22,29H,1-3,8-9,13-18H2,(H2,28,36)(H,30,33)(H,31,35)/b12-7-. The second-order valence-electron chi connectivity index (χ2n) is 10.5. The SMILES string of the molecule is NC(=O)OC1CCCCC/C=C\C2CC2(C(=O)NS(=O)(=O)NCCc2ccccc2)NC(=O)C2CCCN2C1=O. The average Bonchev–Trinajstić information content (AvgIpc) is 3.36. The van der Waals surface area contributed by atoms with Crippen LogP contribution in [0.15, 0.2) is 42.5 Å². The van der Waals surface area contributed by atoms with Crippen molar-refractivity contribution >= 4 is 34.0 Å². The number of nitrogens with one attached hydrogen (secondary N) is 3. The summed E-state index contributed by atoms with van der Waals surface area (Å²) in [6, 6.07) is 8.44. The van der Waals surface area contributed by atoms with Crippen molar-refractivity contribution in [2.75, 3.05) is 13.1 Å². The first-order valence-corrected chi connectivity index (χ1v) is 15.2. The fourth-order valence-corrected chi connectivity index (χ4v) is 6.27. The number of allylic oxidation sites excluding steroid dienone is 1. The van der Waals surface area contributed by atoms with E-state index in [0.29, 0.717) is 38.5 Å². The lowest BCUT2D eigenvalue weighted by molar-refractivity contribution is -0.146. The van der Waals surface area contributed by atoms with Crippen LogP contribution in [0, 0.1) is 5.92 Å². The van der Waals surface area contributed by atoms with Crippen molar-refractivity contribution in [2.24, 2.45) is 11.7 Å². The number of carbonyl (C=O) groups excluding carboxylic acids is 4. The molecular formula is C27H37N5O7S. The molecule has 12 nitrogen and oxygen atoms in total. The van der Waals surface area contributed by atoms with Gasteiger partial charge in [0.2, 0.25) is 5.91 Å². The number of nitrogens with zero attached hydrogens (tertiary/aromatic N) is 1. The molecule has 3 aliphatic rings. The third-order valence-corrected chi connectivity index (χ3v) is 8.66. The first-order chi connectivity index (χ1) is 19.1. The minimum Gasteiger partial charge on any atom is -0.436 e. The molecule has 1 saturated heterocycles. The van der Waals surface area contributed by atoms with Gasteiger partial charge < -0.3 is 20.7 Å².